The molecule has 1 aliphatic carbocycles. The third-order valence-corrected chi connectivity index (χ3v) is 5.53. The Balaban J connectivity index is 1.68. The molecule has 0 bridgehead atoms. The van der Waals surface area contributed by atoms with Crippen LogP contribution in [-0.2, 0) is 4.74 Å². The Morgan fingerprint density at radius 3 is 2.86 bits per heavy atom. The minimum atomic E-state index is -1.03. The molecular formula is C16H22N4OSi. The van der Waals surface area contributed by atoms with E-state index >= 15 is 0 Å². The number of fused-ring (bicyclic) bond motifs is 1. The van der Waals surface area contributed by atoms with Crippen molar-refractivity contribution in [2.24, 2.45) is 0 Å². The van der Waals surface area contributed by atoms with E-state index in [1.54, 1.807) is 12.5 Å². The summed E-state index contributed by atoms with van der Waals surface area (Å²) in [4.78, 5) is 8.86. The summed E-state index contributed by atoms with van der Waals surface area (Å²) in [5.41, 5.74) is 4.06. The van der Waals surface area contributed by atoms with Gasteiger partial charge in [0.05, 0.1) is 24.2 Å². The quantitative estimate of drug-likeness (QED) is 0.656. The average molecular weight is 314 g/mol. The van der Waals surface area contributed by atoms with Crippen molar-refractivity contribution in [3.05, 3.63) is 36.1 Å². The van der Waals surface area contributed by atoms with Crippen LogP contribution in [0.15, 0.2) is 24.8 Å². The zero-order valence-corrected chi connectivity index (χ0v) is 14.3. The van der Waals surface area contributed by atoms with Gasteiger partial charge in [-0.15, -0.1) is 0 Å². The highest BCUT2D eigenvalue weighted by Crippen LogP contribution is 2.33. The summed E-state index contributed by atoms with van der Waals surface area (Å²) in [6.07, 6.45) is 9.54. The van der Waals surface area contributed by atoms with Gasteiger partial charge in [0, 0.05) is 37.9 Å². The first-order valence-electron chi connectivity index (χ1n) is 7.64. The highest BCUT2D eigenvalue weighted by molar-refractivity contribution is 6.76. The summed E-state index contributed by atoms with van der Waals surface area (Å²) in [5.74, 6) is 0.227. The van der Waals surface area contributed by atoms with Gasteiger partial charge in [0.2, 0.25) is 0 Å². The van der Waals surface area contributed by atoms with Crippen LogP contribution in [0.1, 0.15) is 17.2 Å². The zero-order chi connectivity index (χ0) is 15.6. The fourth-order valence-electron chi connectivity index (χ4n) is 2.51. The molecule has 0 saturated carbocycles. The highest BCUT2D eigenvalue weighted by atomic mass is 28.3. The normalized spacial score (nSPS) is 17.0. The Labute approximate surface area is 131 Å². The molecule has 1 aliphatic rings. The summed E-state index contributed by atoms with van der Waals surface area (Å²) < 4.78 is 5.89. The summed E-state index contributed by atoms with van der Waals surface area (Å²) in [6.45, 7) is 8.63. The van der Waals surface area contributed by atoms with Gasteiger partial charge in [-0.25, -0.2) is 9.97 Å². The molecule has 22 heavy (non-hydrogen) atoms. The predicted molar refractivity (Wildman–Crippen MR) is 90.4 cm³/mol. The minimum Gasteiger partial charge on any atom is -0.381 e. The van der Waals surface area contributed by atoms with E-state index in [1.165, 1.54) is 6.04 Å². The predicted octanol–water partition coefficient (Wildman–Crippen LogP) is 3.33. The summed E-state index contributed by atoms with van der Waals surface area (Å²) in [5, 5.41) is 6.83. The Hall–Kier alpha value is -1.79. The summed E-state index contributed by atoms with van der Waals surface area (Å²) >= 11 is 0. The number of rotatable bonds is 6. The second-order valence-electron chi connectivity index (χ2n) is 6.86. The van der Waals surface area contributed by atoms with E-state index in [0.29, 0.717) is 6.61 Å². The second kappa shape index (κ2) is 6.14. The van der Waals surface area contributed by atoms with Gasteiger partial charge in [0.25, 0.3) is 0 Å². The maximum Gasteiger partial charge on any atom is 0.116 e. The number of aromatic nitrogens is 4. The minimum absolute atomic E-state index is 0.227. The van der Waals surface area contributed by atoms with Crippen molar-refractivity contribution < 1.29 is 4.74 Å². The summed E-state index contributed by atoms with van der Waals surface area (Å²) in [7, 11) is -1.03. The van der Waals surface area contributed by atoms with Gasteiger partial charge in [0.1, 0.15) is 6.33 Å². The average Bonchev–Trinajstić information content (AvgIpc) is 3.12. The van der Waals surface area contributed by atoms with Crippen LogP contribution in [0.3, 0.4) is 0 Å². The van der Waals surface area contributed by atoms with Crippen LogP contribution in [0.4, 0.5) is 0 Å². The maximum atomic E-state index is 5.89. The number of ether oxygens (including phenoxy) is 1. The Kier molecular flexibility index (Phi) is 4.22. The molecule has 0 spiro atoms. The zero-order valence-electron chi connectivity index (χ0n) is 13.3. The first-order valence-corrected chi connectivity index (χ1v) is 11.4. The first kappa shape index (κ1) is 15.1. The van der Waals surface area contributed by atoms with E-state index in [9.17, 15) is 0 Å². The van der Waals surface area contributed by atoms with Crippen molar-refractivity contribution in [1.82, 2.24) is 20.2 Å². The van der Waals surface area contributed by atoms with Gasteiger partial charge >= 0.3 is 0 Å². The molecule has 1 unspecified atom stereocenters. The number of hydrogen-bond donors (Lipinski definition) is 1. The molecule has 2 aromatic heterocycles. The molecule has 0 amide bonds. The van der Waals surface area contributed by atoms with Gasteiger partial charge in [-0.1, -0.05) is 31.8 Å². The number of nitrogens with one attached hydrogen (secondary N) is 1. The van der Waals surface area contributed by atoms with E-state index in [4.69, 9.17) is 4.74 Å². The first-order chi connectivity index (χ1) is 10.5. The SMILES string of the molecule is C[Si](C)(C)CCOCC1C=Cc2c(-c3cn[nH]c3)ncnc21. The lowest BCUT2D eigenvalue weighted by Gasteiger charge is -2.17. The highest BCUT2D eigenvalue weighted by Gasteiger charge is 2.23. The van der Waals surface area contributed by atoms with Crippen molar-refractivity contribution in [3.8, 4) is 11.3 Å². The maximum absolute atomic E-state index is 5.89. The molecule has 1 N–H and O–H groups in total. The summed E-state index contributed by atoms with van der Waals surface area (Å²) in [6, 6.07) is 1.19. The van der Waals surface area contributed by atoms with Crippen LogP contribution in [0, 0.1) is 0 Å². The van der Waals surface area contributed by atoms with E-state index in [2.05, 4.69) is 52.0 Å². The van der Waals surface area contributed by atoms with Crippen LogP contribution < -0.4 is 0 Å². The van der Waals surface area contributed by atoms with Crippen LogP contribution in [-0.4, -0.2) is 41.5 Å². The Bertz CT molecular complexity index is 661. The van der Waals surface area contributed by atoms with E-state index in [0.717, 1.165) is 29.1 Å². The standard InChI is InChI=1S/C16H22N4OSi/c1-22(2,3)7-6-21-10-12-4-5-14-15(12)17-11-18-16(14)13-8-19-20-9-13/h4-5,8-9,11-12H,6-7,10H2,1-3H3,(H,19,20). The molecule has 116 valence electrons. The van der Waals surface area contributed by atoms with Gasteiger partial charge in [0.15, 0.2) is 0 Å². The Morgan fingerprint density at radius 1 is 1.27 bits per heavy atom. The molecular weight excluding hydrogens is 292 g/mol. The third-order valence-electron chi connectivity index (χ3n) is 3.83. The van der Waals surface area contributed by atoms with Crippen LogP contribution in [0.5, 0.6) is 0 Å². The fraction of sp³-hybridized carbons (Fsp3) is 0.438. The molecule has 2 heterocycles. The molecule has 3 rings (SSSR count). The number of nitrogens with zero attached hydrogens (tertiary/aromatic N) is 3. The van der Waals surface area contributed by atoms with Crippen molar-refractivity contribution in [3.63, 3.8) is 0 Å². The van der Waals surface area contributed by atoms with Gasteiger partial charge in [-0.3, -0.25) is 5.10 Å². The lowest BCUT2D eigenvalue weighted by atomic mass is 10.1. The molecule has 2 aromatic rings. The smallest absolute Gasteiger partial charge is 0.116 e. The van der Waals surface area contributed by atoms with Crippen LogP contribution >= 0.6 is 0 Å². The Morgan fingerprint density at radius 2 is 2.14 bits per heavy atom. The molecule has 1 atom stereocenters. The van der Waals surface area contributed by atoms with Crippen LogP contribution in [0.25, 0.3) is 17.3 Å². The molecule has 0 radical (unpaired) electrons. The lowest BCUT2D eigenvalue weighted by molar-refractivity contribution is 0.140. The number of hydrogen-bond acceptors (Lipinski definition) is 4. The molecule has 0 aliphatic heterocycles. The van der Waals surface area contributed by atoms with Crippen LogP contribution in [0.2, 0.25) is 25.7 Å². The van der Waals surface area contributed by atoms with E-state index in [-0.39, 0.29) is 5.92 Å². The van der Waals surface area contributed by atoms with Gasteiger partial charge in [-0.2, -0.15) is 5.10 Å². The van der Waals surface area contributed by atoms with Crippen molar-refractivity contribution >= 4 is 14.1 Å². The molecule has 6 heteroatoms. The number of aromatic amines is 1. The van der Waals surface area contributed by atoms with Gasteiger partial charge < -0.3 is 4.74 Å². The fourth-order valence-corrected chi connectivity index (χ4v) is 3.26. The van der Waals surface area contributed by atoms with E-state index < -0.39 is 8.07 Å². The van der Waals surface area contributed by atoms with Crippen molar-refractivity contribution in [2.75, 3.05) is 13.2 Å². The number of H-pyrrole nitrogens is 1. The van der Waals surface area contributed by atoms with Crippen molar-refractivity contribution in [1.29, 1.82) is 0 Å². The monoisotopic (exact) mass is 314 g/mol. The molecule has 0 saturated heterocycles. The topological polar surface area (TPSA) is 63.7 Å². The molecule has 0 aromatic carbocycles. The molecule has 5 nitrogen and oxygen atoms in total. The van der Waals surface area contributed by atoms with Gasteiger partial charge in [-0.05, 0) is 6.04 Å². The largest absolute Gasteiger partial charge is 0.381 e. The molecule has 0 fully saturated rings. The third kappa shape index (κ3) is 3.33. The van der Waals surface area contributed by atoms with E-state index in [1.807, 2.05) is 6.20 Å². The lowest BCUT2D eigenvalue weighted by Crippen LogP contribution is -2.22. The van der Waals surface area contributed by atoms with Crippen molar-refractivity contribution in [2.45, 2.75) is 31.6 Å². The second-order valence-corrected chi connectivity index (χ2v) is 12.5.